The van der Waals surface area contributed by atoms with Crippen LogP contribution in [0.4, 0.5) is 0 Å². The fraction of sp³-hybridized carbons (Fsp3) is 0.464. The van der Waals surface area contributed by atoms with Crippen molar-refractivity contribution in [2.45, 2.75) is 43.2 Å². The highest BCUT2D eigenvalue weighted by Gasteiger charge is 2.40. The number of amides is 1. The summed E-state index contributed by atoms with van der Waals surface area (Å²) >= 11 is 0. The van der Waals surface area contributed by atoms with Crippen LogP contribution in [0.25, 0.3) is 6.08 Å². The molecule has 176 valence electrons. The molecule has 1 saturated heterocycles. The van der Waals surface area contributed by atoms with Crippen molar-refractivity contribution in [3.63, 3.8) is 0 Å². The molecular weight excluding hydrogens is 410 g/mol. The Bertz CT molecular complexity index is 909. The number of aliphatic hydroxyl groups is 1. The molecule has 5 nitrogen and oxygen atoms in total. The molecule has 0 bridgehead atoms. The van der Waals surface area contributed by atoms with Crippen LogP contribution in [0.15, 0.2) is 66.7 Å². The molecule has 5 heteroatoms. The molecule has 2 aliphatic rings. The third-order valence-electron chi connectivity index (χ3n) is 7.50. The number of carbonyl (C=O) groups is 1. The average molecular weight is 448 g/mol. The molecule has 1 saturated carbocycles. The van der Waals surface area contributed by atoms with Gasteiger partial charge in [0.1, 0.15) is 0 Å². The lowest BCUT2D eigenvalue weighted by Crippen LogP contribution is -2.52. The zero-order valence-corrected chi connectivity index (χ0v) is 19.7. The molecule has 3 atom stereocenters. The highest BCUT2D eigenvalue weighted by atomic mass is 16.3. The number of nitrogens with one attached hydrogen (secondary N) is 1. The van der Waals surface area contributed by atoms with Crippen molar-refractivity contribution in [3.05, 3.63) is 77.9 Å². The van der Waals surface area contributed by atoms with Crippen LogP contribution in [0.5, 0.6) is 0 Å². The van der Waals surface area contributed by atoms with Crippen molar-refractivity contribution in [3.8, 4) is 0 Å². The van der Waals surface area contributed by atoms with Gasteiger partial charge in [-0.15, -0.1) is 0 Å². The van der Waals surface area contributed by atoms with E-state index in [0.29, 0.717) is 6.54 Å². The van der Waals surface area contributed by atoms with Gasteiger partial charge in [-0.2, -0.15) is 0 Å². The van der Waals surface area contributed by atoms with E-state index in [4.69, 9.17) is 0 Å². The molecule has 2 aromatic carbocycles. The Morgan fingerprint density at radius 3 is 2.33 bits per heavy atom. The van der Waals surface area contributed by atoms with Gasteiger partial charge in [-0.3, -0.25) is 9.69 Å². The highest BCUT2D eigenvalue weighted by Crippen LogP contribution is 2.39. The Morgan fingerprint density at radius 1 is 1.00 bits per heavy atom. The van der Waals surface area contributed by atoms with Gasteiger partial charge < -0.3 is 15.3 Å². The summed E-state index contributed by atoms with van der Waals surface area (Å²) in [4.78, 5) is 17.5. The standard InChI is InChI=1S/C28H37N3O2/c1-30-18-20-31(21-19-30)25-14-16-28(17-15-26(25)32,24-10-6-3-7-11-24)22-29-27(33)13-12-23-8-4-2-5-9-23/h2-13,25-26,32H,14-22H2,1H3,(H,29,33)/b13-12+/t25-,26-,28-/m0/s1. The molecule has 2 N–H and O–H groups in total. The third-order valence-corrected chi connectivity index (χ3v) is 7.50. The molecule has 1 aliphatic heterocycles. The zero-order chi connectivity index (χ0) is 23.1. The number of aliphatic hydroxyl groups excluding tert-OH is 1. The lowest BCUT2D eigenvalue weighted by molar-refractivity contribution is -0.116. The maximum absolute atomic E-state index is 12.7. The molecule has 0 spiro atoms. The van der Waals surface area contributed by atoms with E-state index < -0.39 is 0 Å². The molecule has 0 aromatic heterocycles. The first-order chi connectivity index (χ1) is 16.1. The van der Waals surface area contributed by atoms with Crippen LogP contribution >= 0.6 is 0 Å². The van der Waals surface area contributed by atoms with Gasteiger partial charge in [0.05, 0.1) is 6.10 Å². The number of likely N-dealkylation sites (N-methyl/N-ethyl adjacent to an activating group) is 1. The summed E-state index contributed by atoms with van der Waals surface area (Å²) in [5, 5.41) is 14.3. The monoisotopic (exact) mass is 447 g/mol. The number of piperazine rings is 1. The second-order valence-corrected chi connectivity index (χ2v) is 9.66. The van der Waals surface area contributed by atoms with Crippen molar-refractivity contribution in [2.24, 2.45) is 0 Å². The third kappa shape index (κ3) is 6.11. The summed E-state index contributed by atoms with van der Waals surface area (Å²) in [6.45, 7) is 4.71. The number of hydrogen-bond donors (Lipinski definition) is 2. The van der Waals surface area contributed by atoms with Crippen LogP contribution in [0, 0.1) is 0 Å². The lowest BCUT2D eigenvalue weighted by Gasteiger charge is -2.39. The van der Waals surface area contributed by atoms with Gasteiger partial charge in [-0.05, 0) is 49.9 Å². The van der Waals surface area contributed by atoms with E-state index in [1.165, 1.54) is 5.56 Å². The molecular formula is C28H37N3O2. The van der Waals surface area contributed by atoms with Crippen molar-refractivity contribution < 1.29 is 9.90 Å². The van der Waals surface area contributed by atoms with Gasteiger partial charge in [-0.25, -0.2) is 0 Å². The lowest BCUT2D eigenvalue weighted by atomic mass is 9.74. The van der Waals surface area contributed by atoms with E-state index in [-0.39, 0.29) is 23.5 Å². The molecule has 0 radical (unpaired) electrons. The predicted molar refractivity (Wildman–Crippen MR) is 134 cm³/mol. The van der Waals surface area contributed by atoms with E-state index in [2.05, 4.69) is 46.4 Å². The quantitative estimate of drug-likeness (QED) is 0.527. The number of hydrogen-bond acceptors (Lipinski definition) is 4. The van der Waals surface area contributed by atoms with Crippen LogP contribution in [0.2, 0.25) is 0 Å². The largest absolute Gasteiger partial charge is 0.391 e. The van der Waals surface area contributed by atoms with Gasteiger partial charge in [0.2, 0.25) is 5.91 Å². The first kappa shape index (κ1) is 23.7. The summed E-state index contributed by atoms with van der Waals surface area (Å²) in [5.74, 6) is -0.0745. The second-order valence-electron chi connectivity index (χ2n) is 9.66. The fourth-order valence-electron chi connectivity index (χ4n) is 5.35. The molecule has 0 unspecified atom stereocenters. The molecule has 33 heavy (non-hydrogen) atoms. The van der Waals surface area contributed by atoms with Crippen molar-refractivity contribution >= 4 is 12.0 Å². The van der Waals surface area contributed by atoms with Crippen LogP contribution in [0.3, 0.4) is 0 Å². The minimum absolute atomic E-state index is 0.0745. The Balaban J connectivity index is 1.47. The van der Waals surface area contributed by atoms with Crippen LogP contribution in [0.1, 0.15) is 36.8 Å². The molecule has 1 heterocycles. The Hall–Kier alpha value is -2.47. The fourth-order valence-corrected chi connectivity index (χ4v) is 5.35. The average Bonchev–Trinajstić information content (AvgIpc) is 3.03. The van der Waals surface area contributed by atoms with Crippen LogP contribution in [-0.2, 0) is 10.2 Å². The molecule has 2 aromatic rings. The van der Waals surface area contributed by atoms with E-state index >= 15 is 0 Å². The van der Waals surface area contributed by atoms with Gasteiger partial charge in [-0.1, -0.05) is 60.7 Å². The van der Waals surface area contributed by atoms with Gasteiger partial charge >= 0.3 is 0 Å². The Morgan fingerprint density at radius 2 is 1.64 bits per heavy atom. The highest BCUT2D eigenvalue weighted by molar-refractivity contribution is 5.91. The van der Waals surface area contributed by atoms with Crippen LogP contribution in [-0.4, -0.2) is 72.7 Å². The first-order valence-corrected chi connectivity index (χ1v) is 12.2. The summed E-state index contributed by atoms with van der Waals surface area (Å²) < 4.78 is 0. The second kappa shape index (κ2) is 11.1. The minimum Gasteiger partial charge on any atom is -0.391 e. The summed E-state index contributed by atoms with van der Waals surface area (Å²) in [5.41, 5.74) is 2.10. The number of benzene rings is 2. The van der Waals surface area contributed by atoms with Crippen molar-refractivity contribution in [2.75, 3.05) is 39.8 Å². The summed E-state index contributed by atoms with van der Waals surface area (Å²) in [6.07, 6.45) is 6.65. The molecule has 1 aliphatic carbocycles. The molecule has 1 amide bonds. The minimum atomic E-state index is -0.326. The van der Waals surface area contributed by atoms with E-state index in [9.17, 15) is 9.90 Å². The first-order valence-electron chi connectivity index (χ1n) is 12.2. The van der Waals surface area contributed by atoms with Gasteiger partial charge in [0, 0.05) is 50.3 Å². The maximum Gasteiger partial charge on any atom is 0.244 e. The van der Waals surface area contributed by atoms with E-state index in [0.717, 1.165) is 57.4 Å². The zero-order valence-electron chi connectivity index (χ0n) is 19.7. The predicted octanol–water partition coefficient (Wildman–Crippen LogP) is 3.30. The SMILES string of the molecule is CN1CCN([C@H]2CC[C@](CNC(=O)/C=C/c3ccccc3)(c3ccccc3)CC[C@@H]2O)CC1. The summed E-state index contributed by atoms with van der Waals surface area (Å²) in [6, 6.07) is 20.6. The van der Waals surface area contributed by atoms with Crippen LogP contribution < -0.4 is 5.32 Å². The smallest absolute Gasteiger partial charge is 0.244 e. The normalized spacial score (nSPS) is 27.3. The number of rotatable bonds is 6. The molecule has 2 fully saturated rings. The number of nitrogens with zero attached hydrogens (tertiary/aromatic N) is 2. The summed E-state index contributed by atoms with van der Waals surface area (Å²) in [7, 11) is 2.16. The maximum atomic E-state index is 12.7. The van der Waals surface area contributed by atoms with Gasteiger partial charge in [0.15, 0.2) is 0 Å². The number of carbonyl (C=O) groups excluding carboxylic acids is 1. The van der Waals surface area contributed by atoms with E-state index in [1.54, 1.807) is 6.08 Å². The van der Waals surface area contributed by atoms with Gasteiger partial charge in [0.25, 0.3) is 0 Å². The molecule has 4 rings (SSSR count). The van der Waals surface area contributed by atoms with Crippen molar-refractivity contribution in [1.29, 1.82) is 0 Å². The van der Waals surface area contributed by atoms with E-state index in [1.807, 2.05) is 42.5 Å². The topological polar surface area (TPSA) is 55.8 Å². The van der Waals surface area contributed by atoms with Crippen molar-refractivity contribution in [1.82, 2.24) is 15.1 Å². The Kier molecular flexibility index (Phi) is 7.97. The Labute approximate surface area is 198 Å².